The van der Waals surface area contributed by atoms with Gasteiger partial charge in [-0.15, -0.1) is 0 Å². The van der Waals surface area contributed by atoms with Crippen LogP contribution in [0.25, 0.3) is 0 Å². The molecule has 2 aromatic carbocycles. The Labute approximate surface area is 214 Å². The fourth-order valence-corrected chi connectivity index (χ4v) is 4.78. The molecule has 2 atom stereocenters. The predicted molar refractivity (Wildman–Crippen MR) is 139 cm³/mol. The first-order chi connectivity index (χ1) is 17.5. The molecule has 2 aliphatic rings. The molecule has 0 aromatic heterocycles. The molecule has 1 fully saturated rings. The van der Waals surface area contributed by atoms with Crippen molar-refractivity contribution >= 4 is 11.8 Å². The van der Waals surface area contributed by atoms with Gasteiger partial charge >= 0.3 is 0 Å². The number of ether oxygens (including phenoxy) is 3. The summed E-state index contributed by atoms with van der Waals surface area (Å²) in [5.41, 5.74) is 1.53. The van der Waals surface area contributed by atoms with E-state index in [4.69, 9.17) is 14.2 Å². The summed E-state index contributed by atoms with van der Waals surface area (Å²) < 4.78 is 18.4. The minimum Gasteiger partial charge on any atom is -0.485 e. The van der Waals surface area contributed by atoms with Crippen LogP contribution in [0.1, 0.15) is 54.4 Å². The second kappa shape index (κ2) is 12.8. The number of benzene rings is 2. The number of rotatable bonds is 3. The Morgan fingerprint density at radius 3 is 2.47 bits per heavy atom. The Balaban J connectivity index is 1.48. The van der Waals surface area contributed by atoms with Gasteiger partial charge in [-0.3, -0.25) is 9.59 Å². The van der Waals surface area contributed by atoms with Gasteiger partial charge in [-0.25, -0.2) is 0 Å². The van der Waals surface area contributed by atoms with Crippen LogP contribution in [0.4, 0.5) is 0 Å². The van der Waals surface area contributed by atoms with Crippen LogP contribution in [-0.4, -0.2) is 73.7 Å². The maximum Gasteiger partial charge on any atom is 0.260 e. The van der Waals surface area contributed by atoms with E-state index in [2.05, 4.69) is 0 Å². The molecule has 0 saturated carbocycles. The quantitative estimate of drug-likeness (QED) is 0.630. The topological polar surface area (TPSA) is 68.3 Å². The van der Waals surface area contributed by atoms with Crippen molar-refractivity contribution in [1.82, 2.24) is 9.80 Å². The average Bonchev–Trinajstić information content (AvgIpc) is 3.28. The summed E-state index contributed by atoms with van der Waals surface area (Å²) in [4.78, 5) is 29.7. The maximum absolute atomic E-state index is 13.2. The molecule has 194 valence electrons. The van der Waals surface area contributed by atoms with Crippen LogP contribution in [0, 0.1) is 6.92 Å². The fourth-order valence-electron chi connectivity index (χ4n) is 4.78. The smallest absolute Gasteiger partial charge is 0.260 e. The predicted octanol–water partition coefficient (Wildman–Crippen LogP) is 4.48. The summed E-state index contributed by atoms with van der Waals surface area (Å²) in [6, 6.07) is 15.0. The van der Waals surface area contributed by atoms with Crippen LogP contribution in [0.3, 0.4) is 0 Å². The van der Waals surface area contributed by atoms with Crippen molar-refractivity contribution in [2.24, 2.45) is 0 Å². The molecule has 0 spiro atoms. The lowest BCUT2D eigenvalue weighted by atomic mass is 10.1. The highest BCUT2D eigenvalue weighted by atomic mass is 16.5. The molecule has 0 unspecified atom stereocenters. The van der Waals surface area contributed by atoms with Gasteiger partial charge in [0.25, 0.3) is 11.8 Å². The second-order valence-corrected chi connectivity index (χ2v) is 9.76. The van der Waals surface area contributed by atoms with E-state index in [9.17, 15) is 9.59 Å². The van der Waals surface area contributed by atoms with Crippen LogP contribution >= 0.6 is 0 Å². The van der Waals surface area contributed by atoms with Gasteiger partial charge in [0, 0.05) is 20.2 Å². The van der Waals surface area contributed by atoms with Crippen molar-refractivity contribution in [3.63, 3.8) is 0 Å². The standard InChI is InChI=1S/C29H38N2O5/c1-22-13-7-9-15-24(22)35-21-28(32)31-19-26-27(20-31)36-25-16-10-8-14-23(25)29(33)30(2)17-11-5-3-4-6-12-18-34-26/h7-10,13-16,26-27H,3-6,11-12,17-21H2,1-2H3/t26-,27-/m1/s1. The zero-order valence-corrected chi connectivity index (χ0v) is 21.5. The summed E-state index contributed by atoms with van der Waals surface area (Å²) >= 11 is 0. The highest BCUT2D eigenvalue weighted by Crippen LogP contribution is 2.26. The molecular weight excluding hydrogens is 456 g/mol. The van der Waals surface area contributed by atoms with Crippen LogP contribution < -0.4 is 9.47 Å². The molecule has 0 radical (unpaired) electrons. The molecule has 7 nitrogen and oxygen atoms in total. The number of carbonyl (C=O) groups excluding carboxylic acids is 2. The molecule has 2 aromatic rings. The molecule has 1 saturated heterocycles. The molecule has 4 rings (SSSR count). The van der Waals surface area contributed by atoms with E-state index in [1.54, 1.807) is 15.9 Å². The third-order valence-electron chi connectivity index (χ3n) is 6.98. The van der Waals surface area contributed by atoms with Gasteiger partial charge in [0.05, 0.1) is 18.7 Å². The summed E-state index contributed by atoms with van der Waals surface area (Å²) in [6.45, 7) is 4.11. The zero-order chi connectivity index (χ0) is 25.3. The molecule has 7 heteroatoms. The van der Waals surface area contributed by atoms with Gasteiger partial charge in [-0.2, -0.15) is 0 Å². The summed E-state index contributed by atoms with van der Waals surface area (Å²) in [6.07, 6.45) is 5.91. The highest BCUT2D eigenvalue weighted by Gasteiger charge is 2.38. The molecule has 0 aliphatic carbocycles. The summed E-state index contributed by atoms with van der Waals surface area (Å²) in [5.74, 6) is 1.09. The largest absolute Gasteiger partial charge is 0.485 e. The molecule has 36 heavy (non-hydrogen) atoms. The third-order valence-corrected chi connectivity index (χ3v) is 6.98. The Hall–Kier alpha value is -3.06. The minimum absolute atomic E-state index is 0.0375. The average molecular weight is 495 g/mol. The summed E-state index contributed by atoms with van der Waals surface area (Å²) in [7, 11) is 1.85. The number of amides is 2. The molecule has 0 bridgehead atoms. The lowest BCUT2D eigenvalue weighted by Crippen LogP contribution is -2.35. The van der Waals surface area contributed by atoms with Gasteiger partial charge in [0.15, 0.2) is 6.61 Å². The van der Waals surface area contributed by atoms with E-state index in [0.29, 0.717) is 36.8 Å². The van der Waals surface area contributed by atoms with Crippen LogP contribution in [0.15, 0.2) is 48.5 Å². The van der Waals surface area contributed by atoms with E-state index in [1.165, 1.54) is 0 Å². The van der Waals surface area contributed by atoms with E-state index in [-0.39, 0.29) is 30.6 Å². The normalized spacial score (nSPS) is 21.9. The number of nitrogens with zero attached hydrogens (tertiary/aromatic N) is 2. The minimum atomic E-state index is -0.362. The van der Waals surface area contributed by atoms with Crippen LogP contribution in [-0.2, 0) is 9.53 Å². The fraction of sp³-hybridized carbons (Fsp3) is 0.517. The third kappa shape index (κ3) is 6.78. The van der Waals surface area contributed by atoms with Crippen LogP contribution in [0.2, 0.25) is 0 Å². The van der Waals surface area contributed by atoms with E-state index in [1.807, 2.05) is 56.4 Å². The molecule has 2 heterocycles. The van der Waals surface area contributed by atoms with Gasteiger partial charge < -0.3 is 24.0 Å². The van der Waals surface area contributed by atoms with Crippen molar-refractivity contribution in [1.29, 1.82) is 0 Å². The van der Waals surface area contributed by atoms with Crippen molar-refractivity contribution in [3.8, 4) is 11.5 Å². The Morgan fingerprint density at radius 1 is 0.944 bits per heavy atom. The van der Waals surface area contributed by atoms with Gasteiger partial charge in [0.1, 0.15) is 23.7 Å². The van der Waals surface area contributed by atoms with Crippen molar-refractivity contribution in [2.75, 3.05) is 39.9 Å². The van der Waals surface area contributed by atoms with E-state index < -0.39 is 0 Å². The number of likely N-dealkylation sites (tertiary alicyclic amines) is 1. The Bertz CT molecular complexity index is 1030. The van der Waals surface area contributed by atoms with Gasteiger partial charge in [-0.05, 0) is 43.5 Å². The number of fused-ring (bicyclic) bond motifs is 2. The lowest BCUT2D eigenvalue weighted by molar-refractivity contribution is -0.132. The number of hydrogen-bond acceptors (Lipinski definition) is 5. The molecule has 2 aliphatic heterocycles. The van der Waals surface area contributed by atoms with Crippen molar-refractivity contribution in [2.45, 2.75) is 57.7 Å². The molecule has 0 N–H and O–H groups in total. The number of para-hydroxylation sites is 2. The highest BCUT2D eigenvalue weighted by molar-refractivity contribution is 5.96. The SMILES string of the molecule is Cc1ccccc1OCC(=O)N1C[C@H]2OCCCCCCCCN(C)C(=O)c3ccccc3O[C@@H]2C1. The number of hydrogen-bond donors (Lipinski definition) is 0. The maximum atomic E-state index is 13.2. The first kappa shape index (κ1) is 26.0. The van der Waals surface area contributed by atoms with Crippen LogP contribution in [0.5, 0.6) is 11.5 Å². The lowest BCUT2D eigenvalue weighted by Gasteiger charge is -2.24. The van der Waals surface area contributed by atoms with Gasteiger partial charge in [-0.1, -0.05) is 56.0 Å². The van der Waals surface area contributed by atoms with E-state index in [0.717, 1.165) is 50.6 Å². The summed E-state index contributed by atoms with van der Waals surface area (Å²) in [5, 5.41) is 0. The first-order valence-corrected chi connectivity index (χ1v) is 13.1. The van der Waals surface area contributed by atoms with E-state index >= 15 is 0 Å². The first-order valence-electron chi connectivity index (χ1n) is 13.1. The Morgan fingerprint density at radius 2 is 1.64 bits per heavy atom. The molecular formula is C29H38N2O5. The zero-order valence-electron chi connectivity index (χ0n) is 21.5. The number of carbonyl (C=O) groups is 2. The Kier molecular flexibility index (Phi) is 9.23. The van der Waals surface area contributed by atoms with Crippen molar-refractivity contribution in [3.05, 3.63) is 59.7 Å². The van der Waals surface area contributed by atoms with Gasteiger partial charge in [0.2, 0.25) is 0 Å². The van der Waals surface area contributed by atoms with Crippen molar-refractivity contribution < 1.29 is 23.8 Å². The number of aryl methyl sites for hydroxylation is 1. The second-order valence-electron chi connectivity index (χ2n) is 9.76. The molecule has 2 amide bonds. The monoisotopic (exact) mass is 494 g/mol.